The lowest BCUT2D eigenvalue weighted by Gasteiger charge is -2.35. The molecule has 2 fully saturated rings. The average molecular weight is 379 g/mol. The molecular formula is C21H25N5O2. The molecule has 146 valence electrons. The number of aromatic nitrogens is 1. The van der Waals surface area contributed by atoms with Gasteiger partial charge in [-0.2, -0.15) is 0 Å². The second-order valence-corrected chi connectivity index (χ2v) is 7.47. The topological polar surface area (TPSA) is 77.6 Å². The molecular weight excluding hydrogens is 354 g/mol. The van der Waals surface area contributed by atoms with Gasteiger partial charge in [0.2, 0.25) is 11.8 Å². The summed E-state index contributed by atoms with van der Waals surface area (Å²) >= 11 is 0. The van der Waals surface area contributed by atoms with Crippen LogP contribution in [0, 0.1) is 6.92 Å². The molecule has 4 rings (SSSR count). The average Bonchev–Trinajstić information content (AvgIpc) is 3.21. The Morgan fingerprint density at radius 1 is 1.11 bits per heavy atom. The lowest BCUT2D eigenvalue weighted by molar-refractivity contribution is -0.146. The molecule has 1 aromatic heterocycles. The predicted molar refractivity (Wildman–Crippen MR) is 105 cm³/mol. The number of pyridine rings is 1. The Hall–Kier alpha value is -2.77. The molecule has 2 aliphatic heterocycles. The summed E-state index contributed by atoms with van der Waals surface area (Å²) in [6.07, 6.45) is 4.15. The van der Waals surface area contributed by atoms with E-state index in [1.807, 2.05) is 36.1 Å². The van der Waals surface area contributed by atoms with Crippen LogP contribution in [0.1, 0.15) is 29.2 Å². The van der Waals surface area contributed by atoms with Gasteiger partial charge in [-0.1, -0.05) is 29.8 Å². The summed E-state index contributed by atoms with van der Waals surface area (Å²) in [4.78, 5) is 33.0. The minimum Gasteiger partial charge on any atom is -0.335 e. The molecule has 1 aromatic carbocycles. The van der Waals surface area contributed by atoms with Crippen molar-refractivity contribution >= 4 is 11.8 Å². The van der Waals surface area contributed by atoms with E-state index in [0.29, 0.717) is 26.1 Å². The van der Waals surface area contributed by atoms with Crippen LogP contribution in [-0.4, -0.2) is 52.3 Å². The molecule has 0 aliphatic carbocycles. The summed E-state index contributed by atoms with van der Waals surface area (Å²) in [6, 6.07) is 11.8. The van der Waals surface area contributed by atoms with Crippen LogP contribution < -0.4 is 10.9 Å². The molecule has 2 unspecified atom stereocenters. The van der Waals surface area contributed by atoms with Crippen LogP contribution in [0.5, 0.6) is 0 Å². The van der Waals surface area contributed by atoms with E-state index in [9.17, 15) is 9.59 Å². The number of amides is 2. The Morgan fingerprint density at radius 3 is 2.57 bits per heavy atom. The second kappa shape index (κ2) is 8.08. The van der Waals surface area contributed by atoms with Crippen molar-refractivity contribution in [3.8, 4) is 0 Å². The minimum absolute atomic E-state index is 0.00295. The molecule has 7 nitrogen and oxygen atoms in total. The summed E-state index contributed by atoms with van der Waals surface area (Å²) in [5.74, 6) is -0.0239. The van der Waals surface area contributed by atoms with Gasteiger partial charge in [0.05, 0.1) is 6.54 Å². The number of hydrogen-bond acceptors (Lipinski definition) is 5. The van der Waals surface area contributed by atoms with Crippen LogP contribution in [0.3, 0.4) is 0 Å². The van der Waals surface area contributed by atoms with Crippen LogP contribution in [-0.2, 0) is 16.1 Å². The fourth-order valence-electron chi connectivity index (χ4n) is 3.73. The molecule has 2 saturated heterocycles. The Morgan fingerprint density at radius 2 is 1.86 bits per heavy atom. The quantitative estimate of drug-likeness (QED) is 0.834. The highest BCUT2D eigenvalue weighted by atomic mass is 16.2. The molecule has 3 heterocycles. The number of piperazine rings is 1. The summed E-state index contributed by atoms with van der Waals surface area (Å²) < 4.78 is 0. The van der Waals surface area contributed by atoms with Crippen LogP contribution in [0.4, 0.5) is 0 Å². The highest BCUT2D eigenvalue weighted by Gasteiger charge is 2.35. The highest BCUT2D eigenvalue weighted by molar-refractivity contribution is 5.88. The number of nitrogens with zero attached hydrogens (tertiary/aromatic N) is 3. The van der Waals surface area contributed by atoms with Crippen LogP contribution in [0.2, 0.25) is 0 Å². The van der Waals surface area contributed by atoms with Gasteiger partial charge in [-0.05, 0) is 36.6 Å². The van der Waals surface area contributed by atoms with Crippen molar-refractivity contribution in [1.29, 1.82) is 0 Å². The first-order valence-electron chi connectivity index (χ1n) is 9.63. The monoisotopic (exact) mass is 379 g/mol. The first kappa shape index (κ1) is 18.6. The van der Waals surface area contributed by atoms with Gasteiger partial charge < -0.3 is 9.80 Å². The fraction of sp³-hybridized carbons (Fsp3) is 0.381. The molecule has 0 radical (unpaired) electrons. The minimum atomic E-state index is -0.324. The van der Waals surface area contributed by atoms with E-state index in [4.69, 9.17) is 0 Å². The van der Waals surface area contributed by atoms with Gasteiger partial charge in [-0.25, -0.2) is 10.9 Å². The third kappa shape index (κ3) is 4.05. The molecule has 7 heteroatoms. The number of benzene rings is 1. The normalized spacial score (nSPS) is 22.5. The summed E-state index contributed by atoms with van der Waals surface area (Å²) in [5.41, 5.74) is 9.67. The van der Waals surface area contributed by atoms with E-state index in [0.717, 1.165) is 11.1 Å². The van der Waals surface area contributed by atoms with Crippen LogP contribution in [0.25, 0.3) is 0 Å². The van der Waals surface area contributed by atoms with Gasteiger partial charge in [-0.3, -0.25) is 14.6 Å². The van der Waals surface area contributed by atoms with Gasteiger partial charge >= 0.3 is 0 Å². The lowest BCUT2D eigenvalue weighted by Crippen LogP contribution is -2.55. The maximum absolute atomic E-state index is 12.9. The number of hydrogen-bond donors (Lipinski definition) is 2. The van der Waals surface area contributed by atoms with E-state index in [2.05, 4.69) is 28.0 Å². The predicted octanol–water partition coefficient (Wildman–Crippen LogP) is 1.17. The smallest absolute Gasteiger partial charge is 0.242 e. The van der Waals surface area contributed by atoms with Crippen molar-refractivity contribution in [3.63, 3.8) is 0 Å². The first-order valence-corrected chi connectivity index (χ1v) is 9.63. The number of rotatable bonds is 4. The molecule has 2 aromatic rings. The first-order chi connectivity index (χ1) is 13.6. The van der Waals surface area contributed by atoms with Crippen molar-refractivity contribution in [1.82, 2.24) is 25.6 Å². The van der Waals surface area contributed by atoms with Gasteiger partial charge in [0.15, 0.2) is 0 Å². The highest BCUT2D eigenvalue weighted by Crippen LogP contribution is 2.23. The van der Waals surface area contributed by atoms with Gasteiger partial charge in [-0.15, -0.1) is 0 Å². The fourth-order valence-corrected chi connectivity index (χ4v) is 3.73. The second-order valence-electron chi connectivity index (χ2n) is 7.47. The standard InChI is InChI=1S/C21H25N5O2/c1-15-2-4-16(5-3-15)13-25-10-11-26(14-20(25)27)21(28)19-12-18(23-24-19)17-6-8-22-9-7-17/h2-9,18-19,23-24H,10-14H2,1H3. The number of carbonyl (C=O) groups excluding carboxylic acids is 2. The van der Waals surface area contributed by atoms with E-state index in [1.165, 1.54) is 5.56 Å². The molecule has 0 saturated carbocycles. The summed E-state index contributed by atoms with van der Waals surface area (Å²) in [5, 5.41) is 0. The SMILES string of the molecule is Cc1ccc(CN2CCN(C(=O)C3CC(c4ccncc4)NN3)CC2=O)cc1. The van der Waals surface area contributed by atoms with Gasteiger partial charge in [0, 0.05) is 38.1 Å². The van der Waals surface area contributed by atoms with Crippen LogP contribution >= 0.6 is 0 Å². The number of nitrogens with one attached hydrogen (secondary N) is 2. The third-order valence-electron chi connectivity index (χ3n) is 5.43. The van der Waals surface area contributed by atoms with Crippen molar-refractivity contribution in [2.75, 3.05) is 19.6 Å². The zero-order chi connectivity index (χ0) is 19.5. The van der Waals surface area contributed by atoms with Crippen molar-refractivity contribution in [2.45, 2.75) is 32.0 Å². The Balaban J connectivity index is 1.32. The maximum atomic E-state index is 12.9. The Bertz CT molecular complexity index is 840. The molecule has 2 aliphatic rings. The van der Waals surface area contributed by atoms with E-state index in [1.54, 1.807) is 17.3 Å². The molecule has 2 N–H and O–H groups in total. The van der Waals surface area contributed by atoms with Crippen LogP contribution in [0.15, 0.2) is 48.8 Å². The molecule has 28 heavy (non-hydrogen) atoms. The van der Waals surface area contributed by atoms with E-state index >= 15 is 0 Å². The molecule has 0 bridgehead atoms. The molecule has 2 amide bonds. The van der Waals surface area contributed by atoms with Gasteiger partial charge in [0.25, 0.3) is 0 Å². The zero-order valence-corrected chi connectivity index (χ0v) is 16.0. The maximum Gasteiger partial charge on any atom is 0.242 e. The van der Waals surface area contributed by atoms with E-state index in [-0.39, 0.29) is 30.4 Å². The number of aryl methyl sites for hydroxylation is 1. The number of hydrazine groups is 1. The third-order valence-corrected chi connectivity index (χ3v) is 5.43. The van der Waals surface area contributed by atoms with Crippen molar-refractivity contribution < 1.29 is 9.59 Å². The Kier molecular flexibility index (Phi) is 5.36. The molecule has 2 atom stereocenters. The van der Waals surface area contributed by atoms with Gasteiger partial charge in [0.1, 0.15) is 6.04 Å². The molecule has 0 spiro atoms. The van der Waals surface area contributed by atoms with E-state index < -0.39 is 0 Å². The lowest BCUT2D eigenvalue weighted by atomic mass is 10.0. The van der Waals surface area contributed by atoms with Crippen molar-refractivity contribution in [2.24, 2.45) is 0 Å². The summed E-state index contributed by atoms with van der Waals surface area (Å²) in [6.45, 7) is 3.91. The Labute approximate surface area is 164 Å². The largest absolute Gasteiger partial charge is 0.335 e. The summed E-state index contributed by atoms with van der Waals surface area (Å²) in [7, 11) is 0. The zero-order valence-electron chi connectivity index (χ0n) is 16.0. The number of carbonyl (C=O) groups is 2. The van der Waals surface area contributed by atoms with Crippen molar-refractivity contribution in [3.05, 3.63) is 65.5 Å².